The predicted octanol–water partition coefficient (Wildman–Crippen LogP) is 0.635. The van der Waals surface area contributed by atoms with E-state index in [0.717, 1.165) is 0 Å². The van der Waals surface area contributed by atoms with Crippen LogP contribution in [0.3, 0.4) is 0 Å². The molecule has 0 bridgehead atoms. The lowest BCUT2D eigenvalue weighted by atomic mass is 10.2. The number of hydrogen-bond acceptors (Lipinski definition) is 5. The van der Waals surface area contributed by atoms with Gasteiger partial charge in [0.15, 0.2) is 0 Å². The SMILES string of the molecule is NCC(O)c1ccc([N+](=O)[O-])c(Cl)n1. The number of rotatable bonds is 3. The number of aliphatic hydroxyl groups excluding tert-OH is 1. The summed E-state index contributed by atoms with van der Waals surface area (Å²) >= 11 is 5.52. The van der Waals surface area contributed by atoms with Gasteiger partial charge in [0.2, 0.25) is 5.15 Å². The van der Waals surface area contributed by atoms with Gasteiger partial charge in [0.25, 0.3) is 0 Å². The fourth-order valence-electron chi connectivity index (χ4n) is 0.883. The molecule has 0 aliphatic heterocycles. The fraction of sp³-hybridized carbons (Fsp3) is 0.286. The molecule has 0 fully saturated rings. The first-order valence-corrected chi connectivity index (χ1v) is 4.13. The lowest BCUT2D eigenvalue weighted by Crippen LogP contribution is -2.13. The topological polar surface area (TPSA) is 102 Å². The molecule has 1 rings (SSSR count). The maximum absolute atomic E-state index is 10.4. The maximum atomic E-state index is 10.4. The summed E-state index contributed by atoms with van der Waals surface area (Å²) in [6, 6.07) is 2.51. The Kier molecular flexibility index (Phi) is 3.34. The van der Waals surface area contributed by atoms with E-state index in [-0.39, 0.29) is 23.1 Å². The number of nitrogens with zero attached hydrogens (tertiary/aromatic N) is 2. The molecule has 1 aromatic heterocycles. The van der Waals surface area contributed by atoms with Crippen molar-refractivity contribution in [1.82, 2.24) is 4.98 Å². The van der Waals surface area contributed by atoms with Crippen molar-refractivity contribution in [1.29, 1.82) is 0 Å². The zero-order valence-electron chi connectivity index (χ0n) is 7.05. The number of aromatic nitrogens is 1. The third-order valence-corrected chi connectivity index (χ3v) is 1.89. The van der Waals surface area contributed by atoms with Crippen LogP contribution in [0.2, 0.25) is 5.15 Å². The minimum Gasteiger partial charge on any atom is -0.385 e. The molecule has 3 N–H and O–H groups in total. The Bertz CT molecular complexity index is 358. The van der Waals surface area contributed by atoms with Gasteiger partial charge in [-0.1, -0.05) is 11.6 Å². The molecule has 0 saturated heterocycles. The molecule has 1 heterocycles. The molecule has 76 valence electrons. The van der Waals surface area contributed by atoms with Crippen molar-refractivity contribution in [2.45, 2.75) is 6.10 Å². The molecule has 0 aliphatic carbocycles. The van der Waals surface area contributed by atoms with Crippen LogP contribution in [0.4, 0.5) is 5.69 Å². The van der Waals surface area contributed by atoms with Crippen molar-refractivity contribution >= 4 is 17.3 Å². The zero-order chi connectivity index (χ0) is 10.7. The van der Waals surface area contributed by atoms with Crippen molar-refractivity contribution in [3.05, 3.63) is 33.1 Å². The Balaban J connectivity index is 3.06. The van der Waals surface area contributed by atoms with Gasteiger partial charge in [0, 0.05) is 12.6 Å². The number of aliphatic hydroxyl groups is 1. The van der Waals surface area contributed by atoms with E-state index in [1.165, 1.54) is 12.1 Å². The molecule has 0 radical (unpaired) electrons. The average Bonchev–Trinajstić information content (AvgIpc) is 2.15. The number of nitrogens with two attached hydrogens (primary N) is 1. The van der Waals surface area contributed by atoms with Gasteiger partial charge in [-0.25, -0.2) is 4.98 Å². The molecule has 1 atom stereocenters. The first-order valence-electron chi connectivity index (χ1n) is 3.75. The molecular weight excluding hydrogens is 210 g/mol. The standard InChI is InChI=1S/C7H8ClN3O3/c8-7-5(11(13)14)2-1-4(10-7)6(12)3-9/h1-2,6,12H,3,9H2. The summed E-state index contributed by atoms with van der Waals surface area (Å²) in [5.74, 6) is 0. The Hall–Kier alpha value is -1.24. The third-order valence-electron chi connectivity index (χ3n) is 1.61. The molecule has 6 nitrogen and oxygen atoms in total. The highest BCUT2D eigenvalue weighted by Gasteiger charge is 2.16. The summed E-state index contributed by atoms with van der Waals surface area (Å²) in [6.07, 6.45) is -0.951. The number of hydrogen-bond donors (Lipinski definition) is 2. The van der Waals surface area contributed by atoms with E-state index >= 15 is 0 Å². The maximum Gasteiger partial charge on any atom is 0.306 e. The summed E-state index contributed by atoms with van der Waals surface area (Å²) in [5.41, 5.74) is 5.12. The van der Waals surface area contributed by atoms with Gasteiger partial charge in [-0.3, -0.25) is 10.1 Å². The van der Waals surface area contributed by atoms with E-state index in [1.54, 1.807) is 0 Å². The van der Waals surface area contributed by atoms with E-state index < -0.39 is 11.0 Å². The molecular formula is C7H8ClN3O3. The lowest BCUT2D eigenvalue weighted by Gasteiger charge is -2.06. The smallest absolute Gasteiger partial charge is 0.306 e. The summed E-state index contributed by atoms with van der Waals surface area (Å²) in [4.78, 5) is 13.4. The van der Waals surface area contributed by atoms with E-state index in [1.807, 2.05) is 0 Å². The average molecular weight is 218 g/mol. The minimum absolute atomic E-state index is 0.0128. The molecule has 1 aromatic rings. The van der Waals surface area contributed by atoms with Gasteiger partial charge >= 0.3 is 5.69 Å². The van der Waals surface area contributed by atoms with E-state index in [9.17, 15) is 15.2 Å². The highest BCUT2D eigenvalue weighted by atomic mass is 35.5. The van der Waals surface area contributed by atoms with Crippen LogP contribution in [-0.2, 0) is 0 Å². The van der Waals surface area contributed by atoms with Crippen molar-refractivity contribution in [3.63, 3.8) is 0 Å². The van der Waals surface area contributed by atoms with Crippen molar-refractivity contribution in [3.8, 4) is 0 Å². The second kappa shape index (κ2) is 4.32. The first kappa shape index (κ1) is 10.8. The van der Waals surface area contributed by atoms with Gasteiger partial charge < -0.3 is 10.8 Å². The molecule has 14 heavy (non-hydrogen) atoms. The normalized spacial score (nSPS) is 12.5. The summed E-state index contributed by atoms with van der Waals surface area (Å²) in [6.45, 7) is -0.0128. The number of pyridine rings is 1. The number of nitro groups is 1. The summed E-state index contributed by atoms with van der Waals surface area (Å²) < 4.78 is 0. The minimum atomic E-state index is -0.951. The second-order valence-corrected chi connectivity index (χ2v) is 2.91. The summed E-state index contributed by atoms with van der Waals surface area (Å²) in [7, 11) is 0. The van der Waals surface area contributed by atoms with Gasteiger partial charge in [-0.05, 0) is 6.07 Å². The zero-order valence-corrected chi connectivity index (χ0v) is 7.81. The quantitative estimate of drug-likeness (QED) is 0.439. The van der Waals surface area contributed by atoms with Crippen LogP contribution >= 0.6 is 11.6 Å². The Morgan fingerprint density at radius 2 is 2.36 bits per heavy atom. The highest BCUT2D eigenvalue weighted by molar-refractivity contribution is 6.31. The van der Waals surface area contributed by atoms with E-state index in [0.29, 0.717) is 0 Å². The van der Waals surface area contributed by atoms with Crippen molar-refractivity contribution < 1.29 is 10.0 Å². The monoisotopic (exact) mass is 217 g/mol. The van der Waals surface area contributed by atoms with Crippen LogP contribution in [-0.4, -0.2) is 21.6 Å². The van der Waals surface area contributed by atoms with Crippen LogP contribution in [0.1, 0.15) is 11.8 Å². The Labute approximate surface area is 84.5 Å². The third kappa shape index (κ3) is 2.16. The van der Waals surface area contributed by atoms with Gasteiger partial charge in [-0.2, -0.15) is 0 Å². The Morgan fingerprint density at radius 1 is 1.71 bits per heavy atom. The van der Waals surface area contributed by atoms with Crippen LogP contribution in [0.15, 0.2) is 12.1 Å². The lowest BCUT2D eigenvalue weighted by molar-refractivity contribution is -0.385. The molecule has 7 heteroatoms. The number of halogens is 1. The molecule has 1 unspecified atom stereocenters. The molecule has 0 spiro atoms. The van der Waals surface area contributed by atoms with Gasteiger partial charge in [0.1, 0.15) is 6.10 Å². The fourth-order valence-corrected chi connectivity index (χ4v) is 1.11. The predicted molar refractivity (Wildman–Crippen MR) is 49.9 cm³/mol. The van der Waals surface area contributed by atoms with E-state index in [2.05, 4.69) is 4.98 Å². The van der Waals surface area contributed by atoms with Crippen molar-refractivity contribution in [2.75, 3.05) is 6.54 Å². The largest absolute Gasteiger partial charge is 0.385 e. The van der Waals surface area contributed by atoms with Crippen LogP contribution in [0.5, 0.6) is 0 Å². The van der Waals surface area contributed by atoms with Crippen molar-refractivity contribution in [2.24, 2.45) is 5.73 Å². The van der Waals surface area contributed by atoms with E-state index in [4.69, 9.17) is 17.3 Å². The first-order chi connectivity index (χ1) is 6.56. The molecule has 0 aromatic carbocycles. The Morgan fingerprint density at radius 3 is 2.79 bits per heavy atom. The molecule has 0 amide bonds. The van der Waals surface area contributed by atoms with Crippen LogP contribution in [0.25, 0.3) is 0 Å². The highest BCUT2D eigenvalue weighted by Crippen LogP contribution is 2.23. The van der Waals surface area contributed by atoms with Crippen LogP contribution in [0, 0.1) is 10.1 Å². The molecule has 0 saturated carbocycles. The molecule has 0 aliphatic rings. The summed E-state index contributed by atoms with van der Waals surface area (Å²) in [5, 5.41) is 19.4. The van der Waals surface area contributed by atoms with Crippen LogP contribution < -0.4 is 5.73 Å². The van der Waals surface area contributed by atoms with Gasteiger partial charge in [0.05, 0.1) is 10.6 Å². The van der Waals surface area contributed by atoms with Gasteiger partial charge in [-0.15, -0.1) is 0 Å². The second-order valence-electron chi connectivity index (χ2n) is 2.55.